The highest BCUT2D eigenvalue weighted by Gasteiger charge is 2.20. The van der Waals surface area contributed by atoms with Crippen LogP contribution in [0, 0.1) is 0 Å². The Morgan fingerprint density at radius 3 is 1.47 bits per heavy atom. The van der Waals surface area contributed by atoms with Crippen molar-refractivity contribution in [1.82, 2.24) is 0 Å². The zero-order chi connectivity index (χ0) is 13.8. The molecule has 19 heavy (non-hydrogen) atoms. The summed E-state index contributed by atoms with van der Waals surface area (Å²) in [6.07, 6.45) is 0. The summed E-state index contributed by atoms with van der Waals surface area (Å²) in [5, 5.41) is 19.5. The molecule has 0 radical (unpaired) electrons. The number of hydrogen-bond donors (Lipinski definition) is 2. The molecular weight excluding hydrogens is 303 g/mol. The summed E-state index contributed by atoms with van der Waals surface area (Å²) < 4.78 is -0.994. The first kappa shape index (κ1) is 14.4. The molecular formula is C14H12Cl2O2S. The van der Waals surface area contributed by atoms with Gasteiger partial charge in [0, 0.05) is 11.1 Å². The van der Waals surface area contributed by atoms with Crippen molar-refractivity contribution in [2.45, 2.75) is 9.42 Å². The van der Waals surface area contributed by atoms with Gasteiger partial charge in [-0.1, -0.05) is 36.4 Å². The van der Waals surface area contributed by atoms with Gasteiger partial charge in [-0.05, 0) is 12.1 Å². The minimum Gasteiger partial charge on any atom is -0.508 e. The van der Waals surface area contributed by atoms with Gasteiger partial charge >= 0.3 is 0 Å². The topological polar surface area (TPSA) is 40.5 Å². The summed E-state index contributed by atoms with van der Waals surface area (Å²) in [5.41, 5.74) is 1.21. The third-order valence-corrected chi connectivity index (χ3v) is 4.67. The first-order valence-corrected chi connectivity index (χ1v) is 7.40. The molecule has 0 spiro atoms. The Kier molecular flexibility index (Phi) is 4.86. The Balaban J connectivity index is 2.13. The smallest absolute Gasteiger partial charge is 0.121 e. The maximum Gasteiger partial charge on any atom is 0.121 e. The molecule has 0 saturated heterocycles. The number of para-hydroxylation sites is 2. The molecule has 0 aliphatic heterocycles. The van der Waals surface area contributed by atoms with E-state index in [4.69, 9.17) is 23.2 Å². The molecule has 0 aromatic heterocycles. The summed E-state index contributed by atoms with van der Waals surface area (Å²) >= 11 is 13.7. The van der Waals surface area contributed by atoms with Crippen LogP contribution in [0.2, 0.25) is 0 Å². The number of halogens is 2. The first-order chi connectivity index (χ1) is 9.09. The Hall–Kier alpha value is -1.03. The SMILES string of the molecule is Oc1ccccc1C(Cl)SC(Cl)c1ccccc1O. The van der Waals surface area contributed by atoms with Crippen molar-refractivity contribution in [2.24, 2.45) is 0 Å². The van der Waals surface area contributed by atoms with Crippen LogP contribution in [0.5, 0.6) is 11.5 Å². The predicted octanol–water partition coefficient (Wildman–Crippen LogP) is 5.01. The van der Waals surface area contributed by atoms with Crippen LogP contribution < -0.4 is 0 Å². The molecule has 0 heterocycles. The van der Waals surface area contributed by atoms with Gasteiger partial charge in [0.15, 0.2) is 0 Å². The molecule has 0 aliphatic carbocycles. The lowest BCUT2D eigenvalue weighted by Crippen LogP contribution is -1.91. The monoisotopic (exact) mass is 314 g/mol. The molecule has 2 N–H and O–H groups in total. The highest BCUT2D eigenvalue weighted by atomic mass is 35.5. The maximum atomic E-state index is 9.73. The molecule has 0 bridgehead atoms. The summed E-state index contributed by atoms with van der Waals surface area (Å²) in [6, 6.07) is 13.7. The molecule has 2 rings (SSSR count). The second kappa shape index (κ2) is 6.42. The second-order valence-electron chi connectivity index (χ2n) is 3.89. The number of aromatic hydroxyl groups is 2. The molecule has 2 atom stereocenters. The number of thioether (sulfide) groups is 1. The van der Waals surface area contributed by atoms with E-state index in [1.807, 2.05) is 0 Å². The fourth-order valence-corrected chi connectivity index (χ4v) is 3.66. The minimum atomic E-state index is -0.497. The largest absolute Gasteiger partial charge is 0.508 e. The van der Waals surface area contributed by atoms with E-state index in [1.54, 1.807) is 48.5 Å². The molecule has 0 fully saturated rings. The van der Waals surface area contributed by atoms with E-state index < -0.39 is 9.42 Å². The Morgan fingerprint density at radius 2 is 1.11 bits per heavy atom. The van der Waals surface area contributed by atoms with Crippen molar-refractivity contribution < 1.29 is 10.2 Å². The van der Waals surface area contributed by atoms with Crippen molar-refractivity contribution in [3.05, 3.63) is 59.7 Å². The molecule has 2 aromatic rings. The maximum absolute atomic E-state index is 9.73. The normalized spacial score (nSPS) is 14.0. The minimum absolute atomic E-state index is 0.135. The molecule has 100 valence electrons. The predicted molar refractivity (Wildman–Crippen MR) is 81.0 cm³/mol. The second-order valence-corrected chi connectivity index (χ2v) is 6.49. The van der Waals surface area contributed by atoms with Crippen LogP contribution >= 0.6 is 35.0 Å². The fourth-order valence-electron chi connectivity index (χ4n) is 1.61. The lowest BCUT2D eigenvalue weighted by Gasteiger charge is -2.16. The Morgan fingerprint density at radius 1 is 0.737 bits per heavy atom. The van der Waals surface area contributed by atoms with Crippen LogP contribution in [0.1, 0.15) is 20.5 Å². The molecule has 2 aromatic carbocycles. The summed E-state index contributed by atoms with van der Waals surface area (Å²) in [4.78, 5) is 0. The van der Waals surface area contributed by atoms with Crippen molar-refractivity contribution in [3.63, 3.8) is 0 Å². The zero-order valence-corrected chi connectivity index (χ0v) is 12.2. The average Bonchev–Trinajstić information content (AvgIpc) is 2.39. The lowest BCUT2D eigenvalue weighted by molar-refractivity contribution is 0.470. The van der Waals surface area contributed by atoms with Gasteiger partial charge in [0.25, 0.3) is 0 Å². The van der Waals surface area contributed by atoms with Gasteiger partial charge < -0.3 is 10.2 Å². The van der Waals surface area contributed by atoms with E-state index in [0.29, 0.717) is 11.1 Å². The lowest BCUT2D eigenvalue weighted by atomic mass is 10.2. The fraction of sp³-hybridized carbons (Fsp3) is 0.143. The first-order valence-electron chi connectivity index (χ1n) is 5.59. The number of hydrogen-bond acceptors (Lipinski definition) is 3. The number of alkyl halides is 2. The number of phenolic OH excluding ortho intramolecular Hbond substituents is 2. The van der Waals surface area contributed by atoms with Crippen molar-refractivity contribution in [1.29, 1.82) is 0 Å². The molecule has 0 aliphatic rings. The number of phenols is 2. The summed E-state index contributed by atoms with van der Waals surface area (Å²) in [7, 11) is 0. The highest BCUT2D eigenvalue weighted by Crippen LogP contribution is 2.48. The molecule has 0 saturated carbocycles. The third kappa shape index (κ3) is 3.50. The zero-order valence-electron chi connectivity index (χ0n) is 9.83. The van der Waals surface area contributed by atoms with Crippen LogP contribution in [0.4, 0.5) is 0 Å². The molecule has 2 nitrogen and oxygen atoms in total. The van der Waals surface area contributed by atoms with E-state index >= 15 is 0 Å². The standard InChI is InChI=1S/C14H12Cl2O2S/c15-13(9-5-1-3-7-11(9)17)19-14(16)10-6-2-4-8-12(10)18/h1-8,13-14,17-18H. The van der Waals surface area contributed by atoms with Gasteiger partial charge in [-0.25, -0.2) is 0 Å². The number of rotatable bonds is 4. The summed E-state index contributed by atoms with van der Waals surface area (Å²) in [6.45, 7) is 0. The van der Waals surface area contributed by atoms with Gasteiger partial charge in [-0.3, -0.25) is 0 Å². The summed E-state index contributed by atoms with van der Waals surface area (Å²) in [5.74, 6) is 0.271. The van der Waals surface area contributed by atoms with Crippen LogP contribution in [-0.2, 0) is 0 Å². The van der Waals surface area contributed by atoms with Gasteiger partial charge in [-0.15, -0.1) is 35.0 Å². The highest BCUT2D eigenvalue weighted by molar-refractivity contribution is 8.01. The van der Waals surface area contributed by atoms with Crippen LogP contribution in [-0.4, -0.2) is 10.2 Å². The van der Waals surface area contributed by atoms with Gasteiger partial charge in [0.1, 0.15) is 20.9 Å². The van der Waals surface area contributed by atoms with Gasteiger partial charge in [-0.2, -0.15) is 0 Å². The quantitative estimate of drug-likeness (QED) is 0.780. The van der Waals surface area contributed by atoms with E-state index in [2.05, 4.69) is 0 Å². The Labute approximate surface area is 126 Å². The number of benzene rings is 2. The van der Waals surface area contributed by atoms with Gasteiger partial charge in [0.2, 0.25) is 0 Å². The van der Waals surface area contributed by atoms with Crippen LogP contribution in [0.3, 0.4) is 0 Å². The Bertz CT molecular complexity index is 513. The van der Waals surface area contributed by atoms with Crippen molar-refractivity contribution >= 4 is 35.0 Å². The van der Waals surface area contributed by atoms with E-state index in [-0.39, 0.29) is 11.5 Å². The third-order valence-electron chi connectivity index (χ3n) is 2.60. The average molecular weight is 315 g/mol. The van der Waals surface area contributed by atoms with Crippen molar-refractivity contribution in [3.8, 4) is 11.5 Å². The van der Waals surface area contributed by atoms with E-state index in [9.17, 15) is 10.2 Å². The van der Waals surface area contributed by atoms with E-state index in [1.165, 1.54) is 11.8 Å². The van der Waals surface area contributed by atoms with Crippen LogP contribution in [0.15, 0.2) is 48.5 Å². The molecule has 0 amide bonds. The van der Waals surface area contributed by atoms with Gasteiger partial charge in [0.05, 0.1) is 0 Å². The van der Waals surface area contributed by atoms with Crippen molar-refractivity contribution in [2.75, 3.05) is 0 Å². The molecule has 2 unspecified atom stereocenters. The molecule has 5 heteroatoms. The van der Waals surface area contributed by atoms with Crippen LogP contribution in [0.25, 0.3) is 0 Å². The van der Waals surface area contributed by atoms with E-state index in [0.717, 1.165) is 0 Å².